The zero-order valence-electron chi connectivity index (χ0n) is 12.5. The third-order valence-corrected chi connectivity index (χ3v) is 6.94. The van der Waals surface area contributed by atoms with Crippen molar-refractivity contribution in [3.8, 4) is 0 Å². The van der Waals surface area contributed by atoms with Crippen LogP contribution in [0.5, 0.6) is 0 Å². The normalized spacial score (nSPS) is 13.4. The molecule has 0 aliphatic rings. The molecule has 4 N–H and O–H groups in total. The molecule has 0 bridgehead atoms. The Morgan fingerprint density at radius 1 is 0.875 bits per heavy atom. The SMILES string of the molecule is NC(=O)CC(N)S(=O)(=O)c1cccc(S(=O)(=O)c2ccccc2)c1. The van der Waals surface area contributed by atoms with Crippen molar-refractivity contribution in [2.24, 2.45) is 11.5 Å². The van der Waals surface area contributed by atoms with Gasteiger partial charge in [-0.1, -0.05) is 24.3 Å². The van der Waals surface area contributed by atoms with Crippen LogP contribution in [0.4, 0.5) is 0 Å². The number of nitrogens with two attached hydrogens (primary N) is 2. The van der Waals surface area contributed by atoms with Gasteiger partial charge in [0, 0.05) is 0 Å². The number of primary amides is 1. The monoisotopic (exact) mass is 368 g/mol. The molecule has 128 valence electrons. The molecule has 0 heterocycles. The fraction of sp³-hybridized carbons (Fsp3) is 0.133. The van der Waals surface area contributed by atoms with Crippen molar-refractivity contribution in [3.05, 3.63) is 54.6 Å². The maximum Gasteiger partial charge on any atom is 0.220 e. The largest absolute Gasteiger partial charge is 0.370 e. The third kappa shape index (κ3) is 3.64. The van der Waals surface area contributed by atoms with Crippen LogP contribution < -0.4 is 11.5 Å². The summed E-state index contributed by atoms with van der Waals surface area (Å²) in [5, 5.41) is -1.54. The molecule has 0 spiro atoms. The number of amides is 1. The lowest BCUT2D eigenvalue weighted by atomic mass is 10.4. The van der Waals surface area contributed by atoms with Crippen LogP contribution in [-0.4, -0.2) is 28.1 Å². The highest BCUT2D eigenvalue weighted by molar-refractivity contribution is 7.92. The molecule has 0 aliphatic heterocycles. The second-order valence-corrected chi connectivity index (χ2v) is 9.16. The van der Waals surface area contributed by atoms with Crippen LogP contribution >= 0.6 is 0 Å². The molecule has 2 rings (SSSR count). The van der Waals surface area contributed by atoms with Crippen LogP contribution in [-0.2, 0) is 24.5 Å². The van der Waals surface area contributed by atoms with E-state index in [2.05, 4.69) is 0 Å². The Hall–Kier alpha value is -2.23. The van der Waals surface area contributed by atoms with Crippen LogP contribution in [0.2, 0.25) is 0 Å². The maximum absolute atomic E-state index is 12.6. The molecule has 1 amide bonds. The van der Waals surface area contributed by atoms with Crippen LogP contribution in [0, 0.1) is 0 Å². The Morgan fingerprint density at radius 2 is 1.42 bits per heavy atom. The summed E-state index contributed by atoms with van der Waals surface area (Å²) in [6, 6.07) is 12.5. The van der Waals surface area contributed by atoms with Crippen molar-refractivity contribution in [1.82, 2.24) is 0 Å². The van der Waals surface area contributed by atoms with E-state index in [4.69, 9.17) is 11.5 Å². The first kappa shape index (κ1) is 18.1. The van der Waals surface area contributed by atoms with Crippen molar-refractivity contribution in [1.29, 1.82) is 0 Å². The molecule has 1 unspecified atom stereocenters. The number of carbonyl (C=O) groups is 1. The second-order valence-electron chi connectivity index (χ2n) is 5.05. The van der Waals surface area contributed by atoms with Crippen LogP contribution in [0.3, 0.4) is 0 Å². The van der Waals surface area contributed by atoms with Gasteiger partial charge in [-0.05, 0) is 30.3 Å². The lowest BCUT2D eigenvalue weighted by Crippen LogP contribution is -2.35. The van der Waals surface area contributed by atoms with E-state index < -0.39 is 37.4 Å². The Balaban J connectivity index is 2.49. The average molecular weight is 368 g/mol. The number of hydrogen-bond donors (Lipinski definition) is 2. The van der Waals surface area contributed by atoms with E-state index >= 15 is 0 Å². The van der Waals surface area contributed by atoms with Gasteiger partial charge in [-0.3, -0.25) is 4.79 Å². The molecule has 0 fully saturated rings. The molecular formula is C15H16N2O5S2. The molecule has 0 radical (unpaired) electrons. The summed E-state index contributed by atoms with van der Waals surface area (Å²) in [6.07, 6.45) is -0.558. The lowest BCUT2D eigenvalue weighted by Gasteiger charge is -2.12. The smallest absolute Gasteiger partial charge is 0.220 e. The van der Waals surface area contributed by atoms with Gasteiger partial charge in [0.1, 0.15) is 5.37 Å². The summed E-state index contributed by atoms with van der Waals surface area (Å²) in [6.45, 7) is 0. The highest BCUT2D eigenvalue weighted by Crippen LogP contribution is 2.24. The molecule has 2 aromatic rings. The van der Waals surface area contributed by atoms with Crippen molar-refractivity contribution in [2.45, 2.75) is 26.5 Å². The quantitative estimate of drug-likeness (QED) is 0.759. The first-order chi connectivity index (χ1) is 11.2. The fourth-order valence-electron chi connectivity index (χ4n) is 2.04. The zero-order chi connectivity index (χ0) is 18.0. The summed E-state index contributed by atoms with van der Waals surface area (Å²) in [4.78, 5) is 10.5. The number of carbonyl (C=O) groups excluding carboxylic acids is 1. The molecule has 0 aromatic heterocycles. The predicted molar refractivity (Wildman–Crippen MR) is 87.3 cm³/mol. The van der Waals surface area contributed by atoms with Gasteiger partial charge in [-0.15, -0.1) is 0 Å². The summed E-state index contributed by atoms with van der Waals surface area (Å²) in [5.41, 5.74) is 10.5. The Kier molecular flexibility index (Phi) is 5.07. The van der Waals surface area contributed by atoms with Gasteiger partial charge in [0.15, 0.2) is 9.84 Å². The first-order valence-electron chi connectivity index (χ1n) is 6.83. The van der Waals surface area contributed by atoms with Crippen LogP contribution in [0.1, 0.15) is 6.42 Å². The minimum atomic E-state index is -4.09. The third-order valence-electron chi connectivity index (χ3n) is 3.30. The van der Waals surface area contributed by atoms with E-state index in [1.807, 2.05) is 0 Å². The van der Waals surface area contributed by atoms with E-state index in [0.717, 1.165) is 6.07 Å². The Morgan fingerprint density at radius 3 is 2.00 bits per heavy atom. The second kappa shape index (κ2) is 6.71. The molecule has 0 saturated heterocycles. The summed E-state index contributed by atoms with van der Waals surface area (Å²) in [7, 11) is -7.95. The minimum absolute atomic E-state index is 0.0426. The van der Waals surface area contributed by atoms with Crippen molar-refractivity contribution < 1.29 is 21.6 Å². The molecule has 2 aromatic carbocycles. The van der Waals surface area contributed by atoms with E-state index in [9.17, 15) is 21.6 Å². The zero-order valence-corrected chi connectivity index (χ0v) is 14.1. The molecule has 0 saturated carbocycles. The van der Waals surface area contributed by atoms with Gasteiger partial charge in [-0.2, -0.15) is 0 Å². The number of hydrogen-bond acceptors (Lipinski definition) is 6. The summed E-state index contributed by atoms with van der Waals surface area (Å²) < 4.78 is 49.8. The van der Waals surface area contributed by atoms with Gasteiger partial charge in [0.05, 0.1) is 21.1 Å². The van der Waals surface area contributed by atoms with Crippen LogP contribution in [0.25, 0.3) is 0 Å². The lowest BCUT2D eigenvalue weighted by molar-refractivity contribution is -0.118. The van der Waals surface area contributed by atoms with E-state index in [0.29, 0.717) is 0 Å². The molecular weight excluding hydrogens is 352 g/mol. The van der Waals surface area contributed by atoms with Gasteiger partial charge in [0.25, 0.3) is 0 Å². The van der Waals surface area contributed by atoms with Gasteiger partial charge in [0.2, 0.25) is 15.7 Å². The Bertz CT molecular complexity index is 954. The average Bonchev–Trinajstić information content (AvgIpc) is 2.55. The molecule has 0 aliphatic carbocycles. The molecule has 7 nitrogen and oxygen atoms in total. The number of benzene rings is 2. The first-order valence-corrected chi connectivity index (χ1v) is 9.86. The number of rotatable bonds is 6. The summed E-state index contributed by atoms with van der Waals surface area (Å²) >= 11 is 0. The van der Waals surface area contributed by atoms with Crippen molar-refractivity contribution in [3.63, 3.8) is 0 Å². The van der Waals surface area contributed by atoms with E-state index in [1.54, 1.807) is 18.2 Å². The maximum atomic E-state index is 12.6. The van der Waals surface area contributed by atoms with E-state index in [-0.39, 0.29) is 14.7 Å². The van der Waals surface area contributed by atoms with Gasteiger partial charge < -0.3 is 11.5 Å². The molecule has 9 heteroatoms. The Labute approximate surface area is 140 Å². The van der Waals surface area contributed by atoms with Crippen LogP contribution in [0.15, 0.2) is 69.3 Å². The standard InChI is InChI=1S/C15H16N2O5S2/c16-14(18)10-15(17)24(21,22)13-8-4-7-12(9-13)23(19,20)11-5-2-1-3-6-11/h1-9,15H,10,17H2,(H2,16,18). The van der Waals surface area contributed by atoms with Crippen molar-refractivity contribution in [2.75, 3.05) is 0 Å². The fourth-order valence-corrected chi connectivity index (χ4v) is 4.73. The predicted octanol–water partition coefficient (Wildman–Crippen LogP) is 0.453. The molecule has 1 atom stereocenters. The van der Waals surface area contributed by atoms with Gasteiger partial charge in [-0.25, -0.2) is 16.8 Å². The van der Waals surface area contributed by atoms with Crippen molar-refractivity contribution >= 4 is 25.6 Å². The highest BCUT2D eigenvalue weighted by atomic mass is 32.2. The topological polar surface area (TPSA) is 137 Å². The highest BCUT2D eigenvalue weighted by Gasteiger charge is 2.27. The summed E-state index contributed by atoms with van der Waals surface area (Å²) in [5.74, 6) is -0.862. The molecule has 24 heavy (non-hydrogen) atoms. The van der Waals surface area contributed by atoms with Gasteiger partial charge >= 0.3 is 0 Å². The number of sulfone groups is 2. The minimum Gasteiger partial charge on any atom is -0.370 e. The van der Waals surface area contributed by atoms with E-state index in [1.165, 1.54) is 30.3 Å².